The Kier molecular flexibility index (Phi) is 9.71. The molecule has 0 spiro atoms. The van der Waals surface area contributed by atoms with Crippen LogP contribution >= 0.6 is 11.8 Å². The SMILES string of the molecule is C=CC/C=C(/SCCCC)[Se]C. The predicted octanol–water partition coefficient (Wildman–Crippen LogP) is 3.69. The molecule has 0 saturated carbocycles. The van der Waals surface area contributed by atoms with Gasteiger partial charge in [0, 0.05) is 0 Å². The predicted molar refractivity (Wildman–Crippen MR) is 61.9 cm³/mol. The molecule has 0 aromatic carbocycles. The summed E-state index contributed by atoms with van der Waals surface area (Å²) in [5.74, 6) is 3.57. The van der Waals surface area contributed by atoms with Crippen LogP contribution in [-0.4, -0.2) is 20.7 Å². The van der Waals surface area contributed by atoms with Crippen LogP contribution in [0.5, 0.6) is 0 Å². The molecular formula is C10H18SSe. The minimum absolute atomic E-state index is 0.668. The molecule has 0 saturated heterocycles. The van der Waals surface area contributed by atoms with Gasteiger partial charge in [-0.25, -0.2) is 0 Å². The summed E-state index contributed by atoms with van der Waals surface area (Å²) in [4.78, 5) is 0. The molecule has 0 aromatic rings. The Labute approximate surface area is 87.0 Å². The van der Waals surface area contributed by atoms with Gasteiger partial charge in [-0.2, -0.15) is 0 Å². The number of allylic oxidation sites excluding steroid dienone is 2. The van der Waals surface area contributed by atoms with Crippen LogP contribution in [0.1, 0.15) is 26.2 Å². The van der Waals surface area contributed by atoms with Crippen molar-refractivity contribution in [3.8, 4) is 0 Å². The van der Waals surface area contributed by atoms with Crippen molar-refractivity contribution >= 4 is 26.7 Å². The molecule has 0 aliphatic carbocycles. The number of rotatable bonds is 7. The quantitative estimate of drug-likeness (QED) is 0.377. The fourth-order valence-corrected chi connectivity index (χ4v) is 3.48. The first-order chi connectivity index (χ1) is 5.85. The molecule has 0 aromatic heterocycles. The molecular weight excluding hydrogens is 231 g/mol. The number of hydrogen-bond donors (Lipinski definition) is 0. The van der Waals surface area contributed by atoms with Crippen LogP contribution in [-0.2, 0) is 0 Å². The van der Waals surface area contributed by atoms with E-state index in [1.165, 1.54) is 18.6 Å². The second-order valence-corrected chi connectivity index (χ2v) is 5.95. The third-order valence-electron chi connectivity index (χ3n) is 1.39. The molecule has 0 N–H and O–H groups in total. The maximum absolute atomic E-state index is 3.72. The fraction of sp³-hybridized carbons (Fsp3) is 0.600. The van der Waals surface area contributed by atoms with E-state index in [-0.39, 0.29) is 0 Å². The Morgan fingerprint density at radius 2 is 2.33 bits per heavy atom. The molecule has 0 atom stereocenters. The van der Waals surface area contributed by atoms with Crippen LogP contribution in [0.4, 0.5) is 0 Å². The van der Waals surface area contributed by atoms with Crippen LogP contribution in [0, 0.1) is 0 Å². The number of thioether (sulfide) groups is 1. The molecule has 2 heteroatoms. The molecule has 0 fully saturated rings. The molecule has 0 rings (SSSR count). The zero-order valence-corrected chi connectivity index (χ0v) is 10.5. The summed E-state index contributed by atoms with van der Waals surface area (Å²) >= 11 is 2.70. The molecule has 0 aliphatic rings. The zero-order valence-electron chi connectivity index (χ0n) is 8.01. The van der Waals surface area contributed by atoms with E-state index in [0.29, 0.717) is 15.0 Å². The van der Waals surface area contributed by atoms with Gasteiger partial charge in [0.2, 0.25) is 0 Å². The molecule has 0 radical (unpaired) electrons. The van der Waals surface area contributed by atoms with E-state index in [1.807, 2.05) is 17.8 Å². The van der Waals surface area contributed by atoms with Crippen molar-refractivity contribution in [2.24, 2.45) is 0 Å². The zero-order chi connectivity index (χ0) is 9.23. The van der Waals surface area contributed by atoms with Crippen LogP contribution in [0.15, 0.2) is 22.5 Å². The van der Waals surface area contributed by atoms with E-state index in [1.54, 1.807) is 3.80 Å². The average molecular weight is 249 g/mol. The molecule has 70 valence electrons. The topological polar surface area (TPSA) is 0 Å². The summed E-state index contributed by atoms with van der Waals surface area (Å²) in [7, 11) is 0. The molecule has 0 nitrogen and oxygen atoms in total. The Balaban J connectivity index is 3.58. The van der Waals surface area contributed by atoms with Gasteiger partial charge in [-0.05, 0) is 0 Å². The Morgan fingerprint density at radius 3 is 2.83 bits per heavy atom. The monoisotopic (exact) mass is 250 g/mol. The summed E-state index contributed by atoms with van der Waals surface area (Å²) in [6.45, 7) is 5.96. The summed E-state index contributed by atoms with van der Waals surface area (Å²) in [5.41, 5.74) is 0. The maximum atomic E-state index is 3.72. The van der Waals surface area contributed by atoms with Crippen LogP contribution in [0.3, 0.4) is 0 Å². The van der Waals surface area contributed by atoms with Crippen LogP contribution < -0.4 is 0 Å². The third-order valence-corrected chi connectivity index (χ3v) is 5.14. The van der Waals surface area contributed by atoms with Crippen molar-refractivity contribution in [3.05, 3.63) is 22.5 Å². The minimum atomic E-state index is 0.668. The van der Waals surface area contributed by atoms with Gasteiger partial charge in [-0.15, -0.1) is 0 Å². The third kappa shape index (κ3) is 7.02. The molecule has 12 heavy (non-hydrogen) atoms. The summed E-state index contributed by atoms with van der Waals surface area (Å²) in [6, 6.07) is 0. The van der Waals surface area contributed by atoms with Gasteiger partial charge in [-0.1, -0.05) is 0 Å². The van der Waals surface area contributed by atoms with Crippen molar-refractivity contribution in [2.45, 2.75) is 32.0 Å². The molecule has 0 bridgehead atoms. The summed E-state index contributed by atoms with van der Waals surface area (Å²) in [5, 5.41) is 0. The Morgan fingerprint density at radius 1 is 1.58 bits per heavy atom. The summed E-state index contributed by atoms with van der Waals surface area (Å²) in [6.07, 6.45) is 7.95. The number of hydrogen-bond acceptors (Lipinski definition) is 1. The van der Waals surface area contributed by atoms with Gasteiger partial charge < -0.3 is 0 Å². The van der Waals surface area contributed by atoms with E-state index >= 15 is 0 Å². The molecule has 0 heterocycles. The van der Waals surface area contributed by atoms with Crippen LogP contribution in [0.25, 0.3) is 0 Å². The van der Waals surface area contributed by atoms with Crippen molar-refractivity contribution in [2.75, 3.05) is 5.75 Å². The first kappa shape index (κ1) is 12.3. The van der Waals surface area contributed by atoms with Crippen LogP contribution in [0.2, 0.25) is 5.82 Å². The Bertz CT molecular complexity index is 141. The van der Waals surface area contributed by atoms with Crippen molar-refractivity contribution < 1.29 is 0 Å². The van der Waals surface area contributed by atoms with Gasteiger partial charge in [0.15, 0.2) is 0 Å². The normalized spacial score (nSPS) is 11.7. The summed E-state index contributed by atoms with van der Waals surface area (Å²) < 4.78 is 1.58. The standard InChI is InChI=1S/C10H18SSe/c1-4-6-8-10(12-3)11-9-7-5-2/h4,8H,1,5-7,9H2,2-3H3/b10-8-. The van der Waals surface area contributed by atoms with Crippen molar-refractivity contribution in [1.82, 2.24) is 0 Å². The van der Waals surface area contributed by atoms with Gasteiger partial charge in [-0.3, -0.25) is 0 Å². The fourth-order valence-electron chi connectivity index (χ4n) is 0.698. The van der Waals surface area contributed by atoms with E-state index in [0.717, 1.165) is 6.42 Å². The molecule has 0 amide bonds. The molecule has 0 unspecified atom stereocenters. The average Bonchev–Trinajstić information content (AvgIpc) is 2.11. The first-order valence-electron chi connectivity index (χ1n) is 4.33. The van der Waals surface area contributed by atoms with Gasteiger partial charge >= 0.3 is 87.0 Å². The van der Waals surface area contributed by atoms with Gasteiger partial charge in [0.1, 0.15) is 0 Å². The van der Waals surface area contributed by atoms with Crippen molar-refractivity contribution in [1.29, 1.82) is 0 Å². The van der Waals surface area contributed by atoms with Gasteiger partial charge in [0.05, 0.1) is 0 Å². The van der Waals surface area contributed by atoms with E-state index in [2.05, 4.69) is 25.4 Å². The second kappa shape index (κ2) is 9.44. The van der Waals surface area contributed by atoms with E-state index < -0.39 is 0 Å². The van der Waals surface area contributed by atoms with E-state index in [9.17, 15) is 0 Å². The Hall–Kier alpha value is 0.349. The van der Waals surface area contributed by atoms with E-state index in [4.69, 9.17) is 0 Å². The van der Waals surface area contributed by atoms with Crippen molar-refractivity contribution in [3.63, 3.8) is 0 Å². The number of unbranched alkanes of at least 4 members (excludes halogenated alkanes) is 1. The first-order valence-corrected chi connectivity index (χ1v) is 7.88. The van der Waals surface area contributed by atoms with Gasteiger partial charge in [0.25, 0.3) is 0 Å². The second-order valence-electron chi connectivity index (χ2n) is 2.45. The molecule has 0 aliphatic heterocycles.